The summed E-state index contributed by atoms with van der Waals surface area (Å²) in [6.45, 7) is 5.73. The maximum absolute atomic E-state index is 13.6. The van der Waals surface area contributed by atoms with E-state index in [1.54, 1.807) is 20.8 Å². The Balaban J connectivity index is 2.17. The van der Waals surface area contributed by atoms with Crippen molar-refractivity contribution < 1.29 is 18.7 Å². The quantitative estimate of drug-likeness (QED) is 0.619. The van der Waals surface area contributed by atoms with Gasteiger partial charge in [0.05, 0.1) is 5.56 Å². The fourth-order valence-electron chi connectivity index (χ4n) is 2.32. The molecule has 1 saturated heterocycles. The molecule has 114 valence electrons. The Morgan fingerprint density at radius 3 is 2.76 bits per heavy atom. The van der Waals surface area contributed by atoms with Crippen molar-refractivity contribution in [3.63, 3.8) is 0 Å². The van der Waals surface area contributed by atoms with Crippen LogP contribution in [-0.4, -0.2) is 39.9 Å². The number of nitrogens with zero attached hydrogens (tertiary/aromatic N) is 2. The van der Waals surface area contributed by atoms with Gasteiger partial charge in [-0.05, 0) is 45.7 Å². The van der Waals surface area contributed by atoms with E-state index in [-0.39, 0.29) is 5.56 Å². The minimum Gasteiger partial charge on any atom is -0.458 e. The van der Waals surface area contributed by atoms with Gasteiger partial charge in [0.1, 0.15) is 11.6 Å². The minimum absolute atomic E-state index is 0.118. The van der Waals surface area contributed by atoms with Crippen LogP contribution in [-0.2, 0) is 9.53 Å². The summed E-state index contributed by atoms with van der Waals surface area (Å²) < 4.78 is 18.9. The van der Waals surface area contributed by atoms with Gasteiger partial charge in [0.15, 0.2) is 0 Å². The van der Waals surface area contributed by atoms with Crippen molar-refractivity contribution >= 4 is 11.9 Å². The molecule has 1 fully saturated rings. The summed E-state index contributed by atoms with van der Waals surface area (Å²) in [4.78, 5) is 29.4. The van der Waals surface area contributed by atoms with Crippen LogP contribution >= 0.6 is 0 Å². The summed E-state index contributed by atoms with van der Waals surface area (Å²) >= 11 is 0. The number of amides is 1. The molecule has 0 radical (unpaired) electrons. The number of hydrogen-bond donors (Lipinski definition) is 0. The van der Waals surface area contributed by atoms with E-state index in [0.29, 0.717) is 19.4 Å². The molecule has 0 bridgehead atoms. The van der Waals surface area contributed by atoms with Crippen LogP contribution in [0.1, 0.15) is 44.0 Å². The Morgan fingerprint density at radius 2 is 2.14 bits per heavy atom. The Morgan fingerprint density at radius 1 is 1.43 bits per heavy atom. The van der Waals surface area contributed by atoms with Gasteiger partial charge < -0.3 is 9.64 Å². The Kier molecular flexibility index (Phi) is 4.25. The standard InChI is InChI=1S/C15H19FN2O3/c1-15(2,3)21-14(20)11-7-5-9-18(11)13(19)10-6-4-8-17-12(10)16/h4,6,8,11H,5,7,9H2,1-3H3/t11-/m1/s1. The van der Waals surface area contributed by atoms with E-state index in [4.69, 9.17) is 4.74 Å². The largest absolute Gasteiger partial charge is 0.458 e. The lowest BCUT2D eigenvalue weighted by Crippen LogP contribution is -2.43. The molecule has 0 spiro atoms. The van der Waals surface area contributed by atoms with Crippen LogP contribution in [0.5, 0.6) is 0 Å². The van der Waals surface area contributed by atoms with E-state index in [9.17, 15) is 14.0 Å². The van der Waals surface area contributed by atoms with Gasteiger partial charge in [-0.2, -0.15) is 4.39 Å². The summed E-state index contributed by atoms with van der Waals surface area (Å²) in [7, 11) is 0. The average Bonchev–Trinajstić information content (AvgIpc) is 2.85. The van der Waals surface area contributed by atoms with Gasteiger partial charge >= 0.3 is 5.97 Å². The highest BCUT2D eigenvalue weighted by molar-refractivity contribution is 5.97. The number of esters is 1. The van der Waals surface area contributed by atoms with Crippen molar-refractivity contribution in [1.82, 2.24) is 9.88 Å². The average molecular weight is 294 g/mol. The number of carbonyl (C=O) groups excluding carboxylic acids is 2. The van der Waals surface area contributed by atoms with Crippen LogP contribution in [0.15, 0.2) is 18.3 Å². The summed E-state index contributed by atoms with van der Waals surface area (Å²) in [5, 5.41) is 0. The van der Waals surface area contributed by atoms with Crippen molar-refractivity contribution in [1.29, 1.82) is 0 Å². The van der Waals surface area contributed by atoms with Crippen LogP contribution in [0.25, 0.3) is 0 Å². The second kappa shape index (κ2) is 5.79. The smallest absolute Gasteiger partial charge is 0.329 e. The van der Waals surface area contributed by atoms with Crippen LogP contribution in [0.3, 0.4) is 0 Å². The third kappa shape index (κ3) is 3.56. The Labute approximate surface area is 123 Å². The predicted molar refractivity (Wildman–Crippen MR) is 74.1 cm³/mol. The van der Waals surface area contributed by atoms with E-state index < -0.39 is 29.5 Å². The minimum atomic E-state index is -0.822. The van der Waals surface area contributed by atoms with Crippen molar-refractivity contribution in [3.8, 4) is 0 Å². The fourth-order valence-corrected chi connectivity index (χ4v) is 2.32. The molecule has 21 heavy (non-hydrogen) atoms. The molecule has 1 atom stereocenters. The number of likely N-dealkylation sites (tertiary alicyclic amines) is 1. The van der Waals surface area contributed by atoms with Crippen LogP contribution in [0, 0.1) is 5.95 Å². The van der Waals surface area contributed by atoms with Gasteiger partial charge in [-0.15, -0.1) is 0 Å². The molecule has 1 amide bonds. The second-order valence-corrected chi connectivity index (χ2v) is 6.03. The molecule has 1 aromatic rings. The molecular weight excluding hydrogens is 275 g/mol. The highest BCUT2D eigenvalue weighted by atomic mass is 19.1. The van der Waals surface area contributed by atoms with E-state index in [1.807, 2.05) is 0 Å². The molecule has 6 heteroatoms. The molecule has 0 unspecified atom stereocenters. The highest BCUT2D eigenvalue weighted by Gasteiger charge is 2.38. The lowest BCUT2D eigenvalue weighted by molar-refractivity contribution is -0.159. The third-order valence-corrected chi connectivity index (χ3v) is 3.18. The Hall–Kier alpha value is -1.98. The predicted octanol–water partition coefficient (Wildman–Crippen LogP) is 2.17. The fraction of sp³-hybridized carbons (Fsp3) is 0.533. The zero-order chi connectivity index (χ0) is 15.6. The first-order chi connectivity index (χ1) is 9.79. The lowest BCUT2D eigenvalue weighted by atomic mass is 10.1. The summed E-state index contributed by atoms with van der Waals surface area (Å²) in [5.41, 5.74) is -0.735. The SMILES string of the molecule is CC(C)(C)OC(=O)[C@H]1CCCN1C(=O)c1cccnc1F. The number of rotatable bonds is 2. The van der Waals surface area contributed by atoms with Crippen molar-refractivity contribution in [2.45, 2.75) is 45.3 Å². The molecule has 0 aromatic carbocycles. The van der Waals surface area contributed by atoms with Gasteiger partial charge in [-0.1, -0.05) is 0 Å². The summed E-state index contributed by atoms with van der Waals surface area (Å²) in [6.07, 6.45) is 2.50. The van der Waals surface area contributed by atoms with Crippen molar-refractivity contribution in [2.24, 2.45) is 0 Å². The van der Waals surface area contributed by atoms with Gasteiger partial charge in [-0.25, -0.2) is 9.78 Å². The van der Waals surface area contributed by atoms with Gasteiger partial charge in [0.25, 0.3) is 5.91 Å². The lowest BCUT2D eigenvalue weighted by Gasteiger charge is -2.27. The maximum atomic E-state index is 13.6. The highest BCUT2D eigenvalue weighted by Crippen LogP contribution is 2.23. The number of carbonyl (C=O) groups is 2. The number of ether oxygens (including phenoxy) is 1. The summed E-state index contributed by atoms with van der Waals surface area (Å²) in [6, 6.07) is 2.21. The number of aromatic nitrogens is 1. The number of halogens is 1. The molecule has 1 aromatic heterocycles. The molecule has 0 saturated carbocycles. The molecule has 2 rings (SSSR count). The molecule has 0 N–H and O–H groups in total. The van der Waals surface area contributed by atoms with E-state index in [0.717, 1.165) is 0 Å². The third-order valence-electron chi connectivity index (χ3n) is 3.18. The van der Waals surface area contributed by atoms with Crippen LogP contribution in [0.2, 0.25) is 0 Å². The van der Waals surface area contributed by atoms with Crippen molar-refractivity contribution in [2.75, 3.05) is 6.54 Å². The number of hydrogen-bond acceptors (Lipinski definition) is 4. The zero-order valence-corrected chi connectivity index (χ0v) is 12.4. The van der Waals surface area contributed by atoms with Crippen molar-refractivity contribution in [3.05, 3.63) is 29.8 Å². The zero-order valence-electron chi connectivity index (χ0n) is 12.4. The van der Waals surface area contributed by atoms with E-state index in [2.05, 4.69) is 4.98 Å². The van der Waals surface area contributed by atoms with Gasteiger partial charge in [0.2, 0.25) is 5.95 Å². The molecule has 1 aliphatic rings. The first kappa shape index (κ1) is 15.4. The second-order valence-electron chi connectivity index (χ2n) is 6.03. The molecule has 0 aliphatic carbocycles. The first-order valence-corrected chi connectivity index (χ1v) is 6.94. The molecule has 5 nitrogen and oxygen atoms in total. The molecular formula is C15H19FN2O3. The Bertz CT molecular complexity index is 554. The topological polar surface area (TPSA) is 59.5 Å². The van der Waals surface area contributed by atoms with Crippen LogP contribution in [0.4, 0.5) is 4.39 Å². The summed E-state index contributed by atoms with van der Waals surface area (Å²) in [5.74, 6) is -1.79. The van der Waals surface area contributed by atoms with E-state index >= 15 is 0 Å². The normalized spacial score (nSPS) is 18.7. The van der Waals surface area contributed by atoms with Gasteiger partial charge in [-0.3, -0.25) is 4.79 Å². The maximum Gasteiger partial charge on any atom is 0.329 e. The molecule has 2 heterocycles. The number of pyridine rings is 1. The monoisotopic (exact) mass is 294 g/mol. The first-order valence-electron chi connectivity index (χ1n) is 6.94. The van der Waals surface area contributed by atoms with Gasteiger partial charge in [0, 0.05) is 12.7 Å². The van der Waals surface area contributed by atoms with Crippen LogP contribution < -0.4 is 0 Å². The van der Waals surface area contributed by atoms with E-state index in [1.165, 1.54) is 23.2 Å². The molecule has 1 aliphatic heterocycles.